The van der Waals surface area contributed by atoms with Gasteiger partial charge in [0.25, 0.3) is 0 Å². The maximum absolute atomic E-state index is 10.7. The molecule has 0 saturated heterocycles. The van der Waals surface area contributed by atoms with Crippen molar-refractivity contribution in [3.63, 3.8) is 0 Å². The first-order chi connectivity index (χ1) is 6.24. The molecule has 0 spiro atoms. The summed E-state index contributed by atoms with van der Waals surface area (Å²) in [6, 6.07) is 3.67. The molecule has 0 unspecified atom stereocenters. The number of rotatable bonds is 3. The van der Waals surface area contributed by atoms with Crippen LogP contribution in [0.2, 0.25) is 0 Å². The van der Waals surface area contributed by atoms with Crippen LogP contribution in [0.5, 0.6) is 0 Å². The van der Waals surface area contributed by atoms with Crippen LogP contribution in [0.4, 0.5) is 0 Å². The molecule has 0 bridgehead atoms. The van der Waals surface area contributed by atoms with E-state index in [9.17, 15) is 9.59 Å². The van der Waals surface area contributed by atoms with Gasteiger partial charge in [0.2, 0.25) is 12.2 Å². The number of hydrogen-bond acceptors (Lipinski definition) is 3. The lowest BCUT2D eigenvalue weighted by Crippen LogP contribution is -2.17. The molecule has 1 rings (SSSR count). The smallest absolute Gasteiger partial charge is 0.227 e. The fourth-order valence-corrected chi connectivity index (χ4v) is 1.55. The second-order valence-corrected chi connectivity index (χ2v) is 3.28. The molecule has 4 heteroatoms. The van der Waals surface area contributed by atoms with Gasteiger partial charge in [-0.2, -0.15) is 0 Å². The zero-order valence-electron chi connectivity index (χ0n) is 7.03. The van der Waals surface area contributed by atoms with Gasteiger partial charge in [-0.05, 0) is 11.4 Å². The van der Waals surface area contributed by atoms with Crippen LogP contribution in [0.1, 0.15) is 11.8 Å². The van der Waals surface area contributed by atoms with Crippen LogP contribution >= 0.6 is 11.3 Å². The molecule has 1 aromatic rings. The van der Waals surface area contributed by atoms with Crippen LogP contribution in [0.25, 0.3) is 5.70 Å². The first kappa shape index (κ1) is 9.67. The van der Waals surface area contributed by atoms with Crippen LogP contribution in [0, 0.1) is 0 Å². The highest BCUT2D eigenvalue weighted by molar-refractivity contribution is 7.11. The Balaban J connectivity index is 2.87. The minimum Gasteiger partial charge on any atom is -0.325 e. The average Bonchev–Trinajstić information content (AvgIpc) is 2.54. The predicted molar refractivity (Wildman–Crippen MR) is 51.8 cm³/mol. The third-order valence-electron chi connectivity index (χ3n) is 1.30. The highest BCUT2D eigenvalue weighted by atomic mass is 32.1. The monoisotopic (exact) mass is 194 g/mol. The van der Waals surface area contributed by atoms with Crippen LogP contribution in [0.3, 0.4) is 0 Å². The van der Waals surface area contributed by atoms with Crippen LogP contribution in [-0.4, -0.2) is 12.2 Å². The Hall–Kier alpha value is -1.42. The molecule has 67 valence electrons. The van der Waals surface area contributed by atoms with E-state index in [2.05, 4.69) is 5.32 Å². The summed E-state index contributed by atoms with van der Waals surface area (Å²) in [5, 5.41) is 4.42. The predicted octanol–water partition coefficient (Wildman–Crippen LogP) is 1.33. The van der Waals surface area contributed by atoms with Gasteiger partial charge in [0.15, 0.2) is 0 Å². The number of nitrogens with one attached hydrogen (secondary N) is 1. The third-order valence-corrected chi connectivity index (χ3v) is 2.20. The number of hydrogen-bond donors (Lipinski definition) is 1. The molecule has 0 aliphatic heterocycles. The lowest BCUT2D eigenvalue weighted by molar-refractivity contribution is -0.117. The summed E-state index contributed by atoms with van der Waals surface area (Å²) in [6.07, 6.45) is 2.86. The molecular weight excluding hydrogens is 186 g/mol. The van der Waals surface area contributed by atoms with Gasteiger partial charge in [-0.25, -0.2) is 0 Å². The Morgan fingerprint density at radius 1 is 1.69 bits per heavy atom. The third kappa shape index (κ3) is 2.83. The molecule has 1 N–H and O–H groups in total. The molecule has 13 heavy (non-hydrogen) atoms. The molecule has 3 nitrogen and oxygen atoms in total. The molecule has 1 aromatic heterocycles. The molecule has 1 heterocycles. The quantitative estimate of drug-likeness (QED) is 0.738. The van der Waals surface area contributed by atoms with E-state index < -0.39 is 0 Å². The van der Waals surface area contributed by atoms with Gasteiger partial charge < -0.3 is 5.32 Å². The van der Waals surface area contributed by atoms with E-state index in [-0.39, 0.29) is 5.91 Å². The van der Waals surface area contributed by atoms with Crippen molar-refractivity contribution < 1.29 is 9.59 Å². The zero-order chi connectivity index (χ0) is 9.68. The molecule has 0 aliphatic rings. The SMILES string of the molecule is CC(=O)NC(=C[C]=O)c1cccs1. The van der Waals surface area contributed by atoms with E-state index in [0.717, 1.165) is 4.88 Å². The Morgan fingerprint density at radius 2 is 2.46 bits per heavy atom. The maximum atomic E-state index is 10.7. The first-order valence-corrected chi connectivity index (χ1v) is 4.51. The van der Waals surface area contributed by atoms with Crippen LogP contribution in [-0.2, 0) is 9.59 Å². The van der Waals surface area contributed by atoms with Crippen molar-refractivity contribution in [2.75, 3.05) is 0 Å². The fraction of sp³-hybridized carbons (Fsp3) is 0.111. The second-order valence-electron chi connectivity index (χ2n) is 2.33. The van der Waals surface area contributed by atoms with Crippen LogP contribution in [0.15, 0.2) is 23.6 Å². The van der Waals surface area contributed by atoms with Crippen LogP contribution < -0.4 is 5.32 Å². The average molecular weight is 194 g/mol. The molecule has 1 amide bonds. The van der Waals surface area contributed by atoms with Gasteiger partial charge in [-0.3, -0.25) is 9.59 Å². The van der Waals surface area contributed by atoms with E-state index in [1.807, 2.05) is 17.5 Å². The molecule has 0 atom stereocenters. The van der Waals surface area contributed by atoms with Crippen molar-refractivity contribution in [3.05, 3.63) is 28.5 Å². The zero-order valence-corrected chi connectivity index (χ0v) is 7.85. The topological polar surface area (TPSA) is 46.2 Å². The standard InChI is InChI=1S/C9H8NO2S/c1-7(12)10-8(4-5-11)9-3-2-6-13-9/h2-4,6H,1H3,(H,10,12). The number of carbonyl (C=O) groups is 1. The molecule has 0 fully saturated rings. The lowest BCUT2D eigenvalue weighted by Gasteiger charge is -2.02. The molecule has 0 aliphatic carbocycles. The fourth-order valence-electron chi connectivity index (χ4n) is 0.849. The number of amides is 1. The van der Waals surface area contributed by atoms with Gasteiger partial charge in [-0.1, -0.05) is 6.07 Å². The van der Waals surface area contributed by atoms with E-state index in [1.54, 1.807) is 6.29 Å². The second kappa shape index (κ2) is 4.57. The summed E-state index contributed by atoms with van der Waals surface area (Å²) < 4.78 is 0. The summed E-state index contributed by atoms with van der Waals surface area (Å²) in [6.45, 7) is 1.40. The maximum Gasteiger partial charge on any atom is 0.227 e. The minimum atomic E-state index is -0.199. The summed E-state index contributed by atoms with van der Waals surface area (Å²) in [5.74, 6) is -0.199. The highest BCUT2D eigenvalue weighted by Gasteiger charge is 2.03. The highest BCUT2D eigenvalue weighted by Crippen LogP contribution is 2.16. The Kier molecular flexibility index (Phi) is 3.40. The van der Waals surface area contributed by atoms with Gasteiger partial charge in [-0.15, -0.1) is 11.3 Å². The number of thiophene rings is 1. The van der Waals surface area contributed by atoms with Crippen molar-refractivity contribution >= 4 is 29.2 Å². The van der Waals surface area contributed by atoms with Gasteiger partial charge in [0.05, 0.1) is 10.6 Å². The molecular formula is C9H8NO2S. The minimum absolute atomic E-state index is 0.199. The van der Waals surface area contributed by atoms with Crippen molar-refractivity contribution in [1.82, 2.24) is 5.32 Å². The van der Waals surface area contributed by atoms with Crippen molar-refractivity contribution in [2.45, 2.75) is 6.92 Å². The Morgan fingerprint density at radius 3 is 2.92 bits per heavy atom. The summed E-state index contributed by atoms with van der Waals surface area (Å²) in [7, 11) is 0. The van der Waals surface area contributed by atoms with Gasteiger partial charge in [0.1, 0.15) is 0 Å². The molecule has 0 saturated carbocycles. The Bertz CT molecular complexity index is 327. The van der Waals surface area contributed by atoms with Crippen molar-refractivity contribution in [2.24, 2.45) is 0 Å². The van der Waals surface area contributed by atoms with Gasteiger partial charge in [0, 0.05) is 13.0 Å². The number of allylic oxidation sites excluding steroid dienone is 1. The Labute approximate surface area is 80.1 Å². The number of carbonyl (C=O) groups excluding carboxylic acids is 2. The molecule has 1 radical (unpaired) electrons. The first-order valence-electron chi connectivity index (χ1n) is 3.63. The van der Waals surface area contributed by atoms with E-state index >= 15 is 0 Å². The molecule has 0 aromatic carbocycles. The normalized spacial score (nSPS) is 11.0. The van der Waals surface area contributed by atoms with E-state index in [0.29, 0.717) is 5.70 Å². The summed E-state index contributed by atoms with van der Waals surface area (Å²) in [4.78, 5) is 21.7. The van der Waals surface area contributed by atoms with Crippen molar-refractivity contribution in [3.8, 4) is 0 Å². The van der Waals surface area contributed by atoms with Gasteiger partial charge >= 0.3 is 0 Å². The van der Waals surface area contributed by atoms with Crippen molar-refractivity contribution in [1.29, 1.82) is 0 Å². The largest absolute Gasteiger partial charge is 0.325 e. The lowest BCUT2D eigenvalue weighted by atomic mass is 10.3. The van der Waals surface area contributed by atoms with E-state index in [1.165, 1.54) is 24.3 Å². The summed E-state index contributed by atoms with van der Waals surface area (Å²) in [5.41, 5.74) is 0.498. The summed E-state index contributed by atoms with van der Waals surface area (Å²) >= 11 is 1.45. The van der Waals surface area contributed by atoms with E-state index in [4.69, 9.17) is 0 Å².